The first kappa shape index (κ1) is 19.9. The molecule has 0 unspecified atom stereocenters. The zero-order valence-corrected chi connectivity index (χ0v) is 15.4. The molecule has 1 rings (SSSR count). The molecule has 0 bridgehead atoms. The molecular weight excluding hydrogens is 306 g/mol. The van der Waals surface area contributed by atoms with E-state index in [2.05, 4.69) is 15.6 Å². The minimum atomic E-state index is -0.657. The van der Waals surface area contributed by atoms with E-state index in [1.54, 1.807) is 33.2 Å². The molecule has 2 N–H and O–H groups in total. The minimum Gasteiger partial charge on any atom is -0.444 e. The fourth-order valence-electron chi connectivity index (χ4n) is 2.25. The Morgan fingerprint density at radius 3 is 2.21 bits per heavy atom. The number of amides is 2. The molecule has 2 amide bonds. The third-order valence-electron chi connectivity index (χ3n) is 3.45. The lowest BCUT2D eigenvalue weighted by Crippen LogP contribution is -2.51. The van der Waals surface area contributed by atoms with Crippen LogP contribution in [0.2, 0.25) is 0 Å². The maximum absolute atomic E-state index is 12.6. The van der Waals surface area contributed by atoms with Crippen LogP contribution in [0.25, 0.3) is 0 Å². The molecular formula is C18H29N3O3. The van der Waals surface area contributed by atoms with E-state index in [1.165, 1.54) is 0 Å². The third kappa shape index (κ3) is 6.56. The lowest BCUT2D eigenvalue weighted by Gasteiger charge is -2.27. The highest BCUT2D eigenvalue weighted by Crippen LogP contribution is 2.16. The Labute approximate surface area is 144 Å². The second-order valence-electron chi connectivity index (χ2n) is 7.12. The molecule has 0 radical (unpaired) electrons. The van der Waals surface area contributed by atoms with Gasteiger partial charge in [0.2, 0.25) is 5.91 Å². The number of aromatic nitrogens is 1. The smallest absolute Gasteiger partial charge is 0.408 e. The van der Waals surface area contributed by atoms with E-state index < -0.39 is 17.7 Å². The second kappa shape index (κ2) is 8.66. The lowest BCUT2D eigenvalue weighted by molar-refractivity contribution is -0.125. The summed E-state index contributed by atoms with van der Waals surface area (Å²) in [5.41, 5.74) is 0.381. The number of hydrogen-bond donors (Lipinski definition) is 2. The molecule has 0 saturated heterocycles. The van der Waals surface area contributed by atoms with Gasteiger partial charge in [-0.1, -0.05) is 20.8 Å². The predicted molar refractivity (Wildman–Crippen MR) is 93.4 cm³/mol. The predicted octanol–water partition coefficient (Wildman–Crippen LogP) is 3.20. The molecule has 0 aliphatic rings. The maximum atomic E-state index is 12.6. The van der Waals surface area contributed by atoms with Crippen LogP contribution in [0.3, 0.4) is 0 Å². The van der Waals surface area contributed by atoms with Crippen LogP contribution in [-0.4, -0.2) is 28.6 Å². The average Bonchev–Trinajstić information content (AvgIpc) is 2.48. The molecule has 0 spiro atoms. The largest absolute Gasteiger partial charge is 0.444 e. The highest BCUT2D eigenvalue weighted by Gasteiger charge is 2.28. The molecule has 0 fully saturated rings. The van der Waals surface area contributed by atoms with Crippen LogP contribution in [0.4, 0.5) is 4.79 Å². The van der Waals surface area contributed by atoms with Gasteiger partial charge < -0.3 is 15.4 Å². The topological polar surface area (TPSA) is 80.3 Å². The molecule has 6 nitrogen and oxygen atoms in total. The van der Waals surface area contributed by atoms with E-state index in [0.29, 0.717) is 0 Å². The first-order chi connectivity index (χ1) is 11.1. The van der Waals surface area contributed by atoms with Crippen LogP contribution in [0.1, 0.15) is 59.6 Å². The maximum Gasteiger partial charge on any atom is 0.408 e. The SMILES string of the molecule is CC[C@H](NC(=O)[C@@H](NC(=O)OC(C)(C)C)C(C)C)c1ccncc1. The van der Waals surface area contributed by atoms with E-state index in [9.17, 15) is 9.59 Å². The third-order valence-corrected chi connectivity index (χ3v) is 3.45. The van der Waals surface area contributed by atoms with Crippen LogP contribution in [-0.2, 0) is 9.53 Å². The Bertz CT molecular complexity index is 538. The number of ether oxygens (including phenoxy) is 1. The van der Waals surface area contributed by atoms with Gasteiger partial charge in [0.05, 0.1) is 6.04 Å². The molecule has 24 heavy (non-hydrogen) atoms. The summed E-state index contributed by atoms with van der Waals surface area (Å²) in [6, 6.07) is 2.97. The number of rotatable bonds is 6. The van der Waals surface area contributed by atoms with Crippen LogP contribution >= 0.6 is 0 Å². The minimum absolute atomic E-state index is 0.0625. The molecule has 1 aromatic heterocycles. The number of alkyl carbamates (subject to hydrolysis) is 1. The van der Waals surface area contributed by atoms with Gasteiger partial charge in [-0.2, -0.15) is 0 Å². The Balaban J connectivity index is 2.77. The van der Waals surface area contributed by atoms with Crippen molar-refractivity contribution >= 4 is 12.0 Å². The van der Waals surface area contributed by atoms with Crippen molar-refractivity contribution < 1.29 is 14.3 Å². The quantitative estimate of drug-likeness (QED) is 0.836. The van der Waals surface area contributed by atoms with Gasteiger partial charge in [-0.3, -0.25) is 9.78 Å². The summed E-state index contributed by atoms with van der Waals surface area (Å²) in [7, 11) is 0. The number of nitrogens with zero attached hydrogens (tertiary/aromatic N) is 1. The Morgan fingerprint density at radius 2 is 1.75 bits per heavy atom. The van der Waals surface area contributed by atoms with Crippen LogP contribution < -0.4 is 10.6 Å². The first-order valence-corrected chi connectivity index (χ1v) is 8.34. The van der Waals surface area contributed by atoms with Crippen molar-refractivity contribution in [1.82, 2.24) is 15.6 Å². The molecule has 1 heterocycles. The molecule has 0 aromatic carbocycles. The summed E-state index contributed by atoms with van der Waals surface area (Å²) < 4.78 is 5.25. The normalized spacial score (nSPS) is 14.0. The monoisotopic (exact) mass is 335 g/mol. The standard InChI is InChI=1S/C18H29N3O3/c1-7-14(13-8-10-19-11-9-13)20-16(22)15(12(2)3)21-17(23)24-18(4,5)6/h8-12,14-15H,7H2,1-6H3,(H,20,22)(H,21,23)/t14-,15-/m0/s1. The van der Waals surface area contributed by atoms with E-state index in [-0.39, 0.29) is 17.9 Å². The van der Waals surface area contributed by atoms with Gasteiger partial charge in [-0.25, -0.2) is 4.79 Å². The summed E-state index contributed by atoms with van der Waals surface area (Å²) in [6.07, 6.45) is 3.55. The number of nitrogens with one attached hydrogen (secondary N) is 2. The fourth-order valence-corrected chi connectivity index (χ4v) is 2.25. The summed E-state index contributed by atoms with van der Waals surface area (Å²) in [4.78, 5) is 28.6. The van der Waals surface area contributed by atoms with Crippen molar-refractivity contribution in [3.05, 3.63) is 30.1 Å². The zero-order chi connectivity index (χ0) is 18.3. The van der Waals surface area contributed by atoms with Gasteiger partial charge in [0, 0.05) is 12.4 Å². The number of pyridine rings is 1. The van der Waals surface area contributed by atoms with Gasteiger partial charge in [-0.15, -0.1) is 0 Å². The van der Waals surface area contributed by atoms with Crippen molar-refractivity contribution in [2.24, 2.45) is 5.92 Å². The fraction of sp³-hybridized carbons (Fsp3) is 0.611. The van der Waals surface area contributed by atoms with Crippen LogP contribution in [0, 0.1) is 5.92 Å². The summed E-state index contributed by atoms with van der Waals surface area (Å²) >= 11 is 0. The average molecular weight is 335 g/mol. The molecule has 2 atom stereocenters. The van der Waals surface area contributed by atoms with Crippen LogP contribution in [0.15, 0.2) is 24.5 Å². The Kier molecular flexibility index (Phi) is 7.19. The van der Waals surface area contributed by atoms with Gasteiger partial charge in [-0.05, 0) is 50.8 Å². The highest BCUT2D eigenvalue weighted by molar-refractivity contribution is 5.86. The van der Waals surface area contributed by atoms with Gasteiger partial charge in [0.15, 0.2) is 0 Å². The number of hydrogen-bond acceptors (Lipinski definition) is 4. The molecule has 0 aliphatic heterocycles. The second-order valence-corrected chi connectivity index (χ2v) is 7.12. The van der Waals surface area contributed by atoms with E-state index in [4.69, 9.17) is 4.74 Å². The van der Waals surface area contributed by atoms with Crippen molar-refractivity contribution in [3.8, 4) is 0 Å². The number of carbonyl (C=O) groups is 2. The van der Waals surface area contributed by atoms with Crippen molar-refractivity contribution in [3.63, 3.8) is 0 Å². The lowest BCUT2D eigenvalue weighted by atomic mass is 10.0. The van der Waals surface area contributed by atoms with Crippen molar-refractivity contribution in [2.75, 3.05) is 0 Å². The molecule has 134 valence electrons. The highest BCUT2D eigenvalue weighted by atomic mass is 16.6. The molecule has 1 aromatic rings. The summed E-state index contributed by atoms with van der Waals surface area (Å²) in [5, 5.41) is 5.66. The van der Waals surface area contributed by atoms with E-state index >= 15 is 0 Å². The van der Waals surface area contributed by atoms with E-state index in [0.717, 1.165) is 12.0 Å². The van der Waals surface area contributed by atoms with Gasteiger partial charge in [0.1, 0.15) is 11.6 Å². The number of carbonyl (C=O) groups excluding carboxylic acids is 2. The summed E-state index contributed by atoms with van der Waals surface area (Å²) in [6.45, 7) is 11.1. The van der Waals surface area contributed by atoms with Gasteiger partial charge >= 0.3 is 6.09 Å². The van der Waals surface area contributed by atoms with Crippen molar-refractivity contribution in [2.45, 2.75) is 65.6 Å². The van der Waals surface area contributed by atoms with Crippen LogP contribution in [0.5, 0.6) is 0 Å². The summed E-state index contributed by atoms with van der Waals surface area (Å²) in [5.74, 6) is -0.285. The zero-order valence-electron chi connectivity index (χ0n) is 15.4. The first-order valence-electron chi connectivity index (χ1n) is 8.34. The molecule has 0 aliphatic carbocycles. The Morgan fingerprint density at radius 1 is 1.17 bits per heavy atom. The molecule has 0 saturated carbocycles. The molecule has 6 heteroatoms. The van der Waals surface area contributed by atoms with E-state index in [1.807, 2.05) is 32.9 Å². The van der Waals surface area contributed by atoms with Gasteiger partial charge in [0.25, 0.3) is 0 Å². The van der Waals surface area contributed by atoms with Crippen molar-refractivity contribution in [1.29, 1.82) is 0 Å². The Hall–Kier alpha value is -2.11.